The summed E-state index contributed by atoms with van der Waals surface area (Å²) in [6, 6.07) is 6.36. The number of fused-ring (bicyclic) bond motifs is 1. The Balaban J connectivity index is 1.71. The average molecular weight is 445 g/mol. The van der Waals surface area contributed by atoms with Gasteiger partial charge in [0.2, 0.25) is 5.95 Å². The van der Waals surface area contributed by atoms with Gasteiger partial charge in [0.1, 0.15) is 24.6 Å². The number of aryl methyl sites for hydroxylation is 1. The molecule has 1 aliphatic heterocycles. The van der Waals surface area contributed by atoms with Crippen molar-refractivity contribution >= 4 is 41.9 Å². The number of rotatable bonds is 5. The fourth-order valence-electron chi connectivity index (χ4n) is 3.76. The number of nitrogen functional groups attached to an aromatic ring is 1. The zero-order valence-corrected chi connectivity index (χ0v) is 18.9. The standard InChI is InChI=1S/C20H28N6O4Si/c1-10-7-11(31(2,3)4)5-6-12(10)24-17-14-18(23-9-22-17)26(20(21)25-14)19-16(29)15(28)13(8-27)30-19/h5-7,9,13,15-16,19,27-29H,8H2,1-4H3,(H2,21,25)(H,22,23,24)/t13-,15-,16-,19-/m1/s1. The molecule has 3 aromatic rings. The van der Waals surface area contributed by atoms with Crippen LogP contribution in [0.25, 0.3) is 11.2 Å². The van der Waals surface area contributed by atoms with Gasteiger partial charge < -0.3 is 31.1 Å². The lowest BCUT2D eigenvalue weighted by molar-refractivity contribution is -0.0500. The number of hydrogen-bond donors (Lipinski definition) is 5. The minimum absolute atomic E-state index is 0.0548. The van der Waals surface area contributed by atoms with Gasteiger partial charge in [-0.25, -0.2) is 15.0 Å². The smallest absolute Gasteiger partial charge is 0.204 e. The molecule has 6 N–H and O–H groups in total. The van der Waals surface area contributed by atoms with Crippen molar-refractivity contribution in [3.8, 4) is 0 Å². The maximum atomic E-state index is 10.4. The summed E-state index contributed by atoms with van der Waals surface area (Å²) in [4.78, 5) is 13.0. The molecule has 1 saturated heterocycles. The number of nitrogens with zero attached hydrogens (tertiary/aromatic N) is 4. The third kappa shape index (κ3) is 3.79. The van der Waals surface area contributed by atoms with E-state index in [-0.39, 0.29) is 5.95 Å². The lowest BCUT2D eigenvalue weighted by atomic mass is 10.1. The number of nitrogens with two attached hydrogens (primary N) is 1. The highest BCUT2D eigenvalue weighted by molar-refractivity contribution is 6.88. The zero-order valence-electron chi connectivity index (χ0n) is 17.9. The van der Waals surface area contributed by atoms with E-state index < -0.39 is 39.2 Å². The second-order valence-electron chi connectivity index (χ2n) is 8.87. The van der Waals surface area contributed by atoms with Crippen molar-refractivity contribution < 1.29 is 20.1 Å². The molecule has 4 rings (SSSR count). The molecule has 1 aliphatic rings. The van der Waals surface area contributed by atoms with Crippen LogP contribution in [-0.2, 0) is 4.74 Å². The van der Waals surface area contributed by atoms with E-state index in [1.807, 2.05) is 13.0 Å². The van der Waals surface area contributed by atoms with Crippen LogP contribution in [0.2, 0.25) is 19.6 Å². The first-order chi connectivity index (χ1) is 14.6. The molecule has 0 radical (unpaired) electrons. The van der Waals surface area contributed by atoms with Crippen LogP contribution in [0.4, 0.5) is 17.5 Å². The molecular weight excluding hydrogens is 416 g/mol. The molecule has 31 heavy (non-hydrogen) atoms. The summed E-state index contributed by atoms with van der Waals surface area (Å²) in [6.45, 7) is 8.51. The summed E-state index contributed by atoms with van der Waals surface area (Å²) in [5, 5.41) is 34.5. The van der Waals surface area contributed by atoms with E-state index in [1.165, 1.54) is 16.1 Å². The largest absolute Gasteiger partial charge is 0.394 e. The number of ether oxygens (including phenoxy) is 1. The number of aromatic nitrogens is 4. The quantitative estimate of drug-likeness (QED) is 0.357. The van der Waals surface area contributed by atoms with Gasteiger partial charge in [0.15, 0.2) is 23.2 Å². The summed E-state index contributed by atoms with van der Waals surface area (Å²) in [5.41, 5.74) is 8.85. The fraction of sp³-hybridized carbons (Fsp3) is 0.450. The highest BCUT2D eigenvalue weighted by Crippen LogP contribution is 2.35. The van der Waals surface area contributed by atoms with E-state index in [1.54, 1.807) is 0 Å². The number of imidazole rings is 1. The van der Waals surface area contributed by atoms with Crippen LogP contribution in [-0.4, -0.2) is 67.8 Å². The number of hydrogen-bond acceptors (Lipinski definition) is 9. The Morgan fingerprint density at radius 2 is 1.94 bits per heavy atom. The third-order valence-electron chi connectivity index (χ3n) is 5.62. The van der Waals surface area contributed by atoms with Crippen LogP contribution in [0.3, 0.4) is 0 Å². The van der Waals surface area contributed by atoms with Crippen LogP contribution < -0.4 is 16.2 Å². The fourth-order valence-corrected chi connectivity index (χ4v) is 4.99. The van der Waals surface area contributed by atoms with E-state index in [2.05, 4.69) is 52.0 Å². The maximum absolute atomic E-state index is 10.4. The monoisotopic (exact) mass is 444 g/mol. The molecule has 0 amide bonds. The first kappa shape index (κ1) is 21.7. The van der Waals surface area contributed by atoms with E-state index in [4.69, 9.17) is 10.5 Å². The highest BCUT2D eigenvalue weighted by Gasteiger charge is 2.44. The van der Waals surface area contributed by atoms with Gasteiger partial charge in [-0.3, -0.25) is 4.57 Å². The summed E-state index contributed by atoms with van der Waals surface area (Å²) in [7, 11) is -1.43. The minimum atomic E-state index is -1.43. The van der Waals surface area contributed by atoms with Gasteiger partial charge >= 0.3 is 0 Å². The predicted molar refractivity (Wildman–Crippen MR) is 120 cm³/mol. The number of anilines is 3. The molecule has 0 unspecified atom stereocenters. The van der Waals surface area contributed by atoms with Gasteiger partial charge in [-0.2, -0.15) is 0 Å². The molecule has 1 fully saturated rings. The molecule has 10 nitrogen and oxygen atoms in total. The van der Waals surface area contributed by atoms with E-state index >= 15 is 0 Å². The molecule has 11 heteroatoms. The van der Waals surface area contributed by atoms with Crippen LogP contribution in [0.15, 0.2) is 24.5 Å². The van der Waals surface area contributed by atoms with E-state index in [0.29, 0.717) is 17.0 Å². The van der Waals surface area contributed by atoms with Gasteiger partial charge in [0.25, 0.3) is 0 Å². The van der Waals surface area contributed by atoms with Crippen molar-refractivity contribution in [2.24, 2.45) is 0 Å². The SMILES string of the molecule is Cc1cc([Si](C)(C)C)ccc1Nc1ncnc2c1nc(N)n2[C@@H]1O[C@H](CO)[C@@H](O)[C@H]1O. The zero-order chi connectivity index (χ0) is 22.5. The van der Waals surface area contributed by atoms with Crippen LogP contribution >= 0.6 is 0 Å². The first-order valence-electron chi connectivity index (χ1n) is 10.1. The lowest BCUT2D eigenvalue weighted by Gasteiger charge is -2.19. The molecule has 166 valence electrons. The Bertz CT molecular complexity index is 1110. The summed E-state index contributed by atoms with van der Waals surface area (Å²) >= 11 is 0. The normalized spacial score (nSPS) is 24.1. The maximum Gasteiger partial charge on any atom is 0.204 e. The van der Waals surface area contributed by atoms with Crippen molar-refractivity contribution in [2.75, 3.05) is 17.7 Å². The summed E-state index contributed by atoms with van der Waals surface area (Å²) < 4.78 is 7.02. The van der Waals surface area contributed by atoms with Gasteiger partial charge in [0, 0.05) is 5.69 Å². The first-order valence-corrected chi connectivity index (χ1v) is 13.6. The van der Waals surface area contributed by atoms with Crippen LogP contribution in [0, 0.1) is 6.92 Å². The molecule has 4 atom stereocenters. The minimum Gasteiger partial charge on any atom is -0.394 e. The van der Waals surface area contributed by atoms with Crippen LogP contribution in [0.1, 0.15) is 11.8 Å². The Morgan fingerprint density at radius 1 is 1.19 bits per heavy atom. The molecular formula is C20H28N6O4Si. The van der Waals surface area contributed by atoms with Crippen LogP contribution in [0.5, 0.6) is 0 Å². The number of aliphatic hydroxyl groups is 3. The van der Waals surface area contributed by atoms with Crippen molar-refractivity contribution in [1.29, 1.82) is 0 Å². The predicted octanol–water partition coefficient (Wildman–Crippen LogP) is 0.617. The van der Waals surface area contributed by atoms with Crippen molar-refractivity contribution in [3.63, 3.8) is 0 Å². The molecule has 1 aromatic carbocycles. The van der Waals surface area contributed by atoms with Crippen molar-refractivity contribution in [1.82, 2.24) is 19.5 Å². The average Bonchev–Trinajstić information content (AvgIpc) is 3.19. The van der Waals surface area contributed by atoms with Gasteiger partial charge in [-0.05, 0) is 18.6 Å². The van der Waals surface area contributed by atoms with Gasteiger partial charge in [-0.15, -0.1) is 0 Å². The third-order valence-corrected chi connectivity index (χ3v) is 7.66. The Kier molecular flexibility index (Phi) is 5.48. The van der Waals surface area contributed by atoms with E-state index in [0.717, 1.165) is 11.3 Å². The number of nitrogens with one attached hydrogen (secondary N) is 1. The molecule has 0 spiro atoms. The van der Waals surface area contributed by atoms with Gasteiger partial charge in [-0.1, -0.05) is 37.0 Å². The summed E-state index contributed by atoms with van der Waals surface area (Å²) in [6.07, 6.45) is -3.13. The molecule has 0 aliphatic carbocycles. The Morgan fingerprint density at radius 3 is 2.55 bits per heavy atom. The lowest BCUT2D eigenvalue weighted by Crippen LogP contribution is -2.37. The Labute approximate surface area is 180 Å². The highest BCUT2D eigenvalue weighted by atomic mass is 28.3. The van der Waals surface area contributed by atoms with E-state index in [9.17, 15) is 15.3 Å². The number of benzene rings is 1. The summed E-state index contributed by atoms with van der Waals surface area (Å²) in [5.74, 6) is 0.519. The second-order valence-corrected chi connectivity index (χ2v) is 13.9. The molecule has 2 aromatic heterocycles. The Hall–Kier alpha value is -2.57. The molecule has 0 saturated carbocycles. The second kappa shape index (κ2) is 7.84. The topological polar surface area (TPSA) is 152 Å². The van der Waals surface area contributed by atoms with Crippen molar-refractivity contribution in [2.45, 2.75) is 51.1 Å². The molecule has 3 heterocycles. The van der Waals surface area contributed by atoms with Crippen molar-refractivity contribution in [3.05, 3.63) is 30.1 Å². The number of aliphatic hydroxyl groups excluding tert-OH is 3. The van der Waals surface area contributed by atoms with Gasteiger partial charge in [0.05, 0.1) is 14.7 Å². The molecule has 0 bridgehead atoms.